The molecule has 122 valence electrons. The molecule has 0 bridgehead atoms. The largest absolute Gasteiger partial charge is 0.459 e. The van der Waals surface area contributed by atoms with Crippen molar-refractivity contribution in [3.63, 3.8) is 0 Å². The highest BCUT2D eigenvalue weighted by Crippen LogP contribution is 2.51. The van der Waals surface area contributed by atoms with Crippen molar-refractivity contribution in [2.45, 2.75) is 73.8 Å². The number of unbranched alkanes of at least 4 members (excludes halogenated alkanes) is 3. The van der Waals surface area contributed by atoms with Crippen molar-refractivity contribution < 1.29 is 30.7 Å². The molecule has 0 aliphatic carbocycles. The summed E-state index contributed by atoms with van der Waals surface area (Å²) in [6.45, 7) is 3.22. The zero-order valence-electron chi connectivity index (χ0n) is 11.3. The van der Waals surface area contributed by atoms with Crippen LogP contribution in [0.2, 0.25) is 0 Å². The van der Waals surface area contributed by atoms with E-state index >= 15 is 0 Å². The molecule has 0 rings (SSSR count). The number of halogens is 8. The van der Waals surface area contributed by atoms with Crippen LogP contribution in [-0.2, 0) is 0 Å². The van der Waals surface area contributed by atoms with Crippen LogP contribution in [0, 0.1) is 0 Å². The third-order valence-electron chi connectivity index (χ3n) is 2.96. The van der Waals surface area contributed by atoms with E-state index < -0.39 is 27.9 Å². The highest BCUT2D eigenvalue weighted by atomic mass is 127. The minimum atomic E-state index is -6.24. The molecule has 20 heavy (non-hydrogen) atoms. The van der Waals surface area contributed by atoms with Crippen molar-refractivity contribution in [3.05, 3.63) is 0 Å². The van der Waals surface area contributed by atoms with Crippen molar-refractivity contribution in [2.75, 3.05) is 0 Å². The fraction of sp³-hybridized carbons (Fsp3) is 1.00. The van der Waals surface area contributed by atoms with Crippen molar-refractivity contribution in [2.24, 2.45) is 0 Å². The van der Waals surface area contributed by atoms with Crippen LogP contribution in [0.5, 0.6) is 0 Å². The Balaban J connectivity index is 4.73. The lowest BCUT2D eigenvalue weighted by molar-refractivity contribution is -0.356. The van der Waals surface area contributed by atoms with Crippen LogP contribution >= 0.6 is 22.6 Å². The molecular formula is C12H18F7I. The van der Waals surface area contributed by atoms with Gasteiger partial charge in [-0.15, -0.1) is 0 Å². The second-order valence-corrected chi connectivity index (χ2v) is 7.78. The van der Waals surface area contributed by atoms with Gasteiger partial charge in [0.2, 0.25) is 0 Å². The molecule has 0 radical (unpaired) electrons. The van der Waals surface area contributed by atoms with E-state index in [-0.39, 0.29) is 6.42 Å². The highest BCUT2D eigenvalue weighted by molar-refractivity contribution is 14.1. The Morgan fingerprint density at radius 3 is 1.75 bits per heavy atom. The first-order valence-corrected chi connectivity index (χ1v) is 7.36. The van der Waals surface area contributed by atoms with E-state index in [4.69, 9.17) is 0 Å². The van der Waals surface area contributed by atoms with Crippen molar-refractivity contribution in [3.8, 4) is 0 Å². The van der Waals surface area contributed by atoms with Gasteiger partial charge in [0.25, 0.3) is 0 Å². The Labute approximate surface area is 127 Å². The molecule has 0 aromatic carbocycles. The molecular weight excluding hydrogens is 404 g/mol. The first kappa shape index (κ1) is 20.2. The highest BCUT2D eigenvalue weighted by Gasteiger charge is 2.73. The third-order valence-corrected chi connectivity index (χ3v) is 3.88. The third kappa shape index (κ3) is 5.55. The first-order valence-electron chi connectivity index (χ1n) is 6.28. The fourth-order valence-corrected chi connectivity index (χ4v) is 2.65. The van der Waals surface area contributed by atoms with Gasteiger partial charge in [-0.25, -0.2) is 0 Å². The summed E-state index contributed by atoms with van der Waals surface area (Å²) in [6.07, 6.45) is -4.50. The van der Waals surface area contributed by atoms with E-state index in [9.17, 15) is 30.7 Å². The lowest BCUT2D eigenvalue weighted by atomic mass is 9.93. The SMILES string of the molecule is CCCCCCC(C)(I)CC(F)(F)C(F)(F)C(F)(F)F. The number of hydrogen-bond donors (Lipinski definition) is 0. The van der Waals surface area contributed by atoms with Crippen LogP contribution < -0.4 is 0 Å². The second kappa shape index (κ2) is 7.00. The minimum Gasteiger partial charge on any atom is -0.199 e. The van der Waals surface area contributed by atoms with Gasteiger partial charge in [-0.1, -0.05) is 62.1 Å². The standard InChI is InChI=1S/C12H18F7I/c1-3-4-5-6-7-9(2,20)8-10(13,14)11(15,16)12(17,18)19/h3-8H2,1-2H3. The van der Waals surface area contributed by atoms with Crippen LogP contribution in [0.3, 0.4) is 0 Å². The van der Waals surface area contributed by atoms with Crippen molar-refractivity contribution in [1.82, 2.24) is 0 Å². The van der Waals surface area contributed by atoms with Gasteiger partial charge >= 0.3 is 18.0 Å². The van der Waals surface area contributed by atoms with Crippen LogP contribution in [0.4, 0.5) is 30.7 Å². The summed E-state index contributed by atoms with van der Waals surface area (Å²) in [5, 5.41) is 0. The van der Waals surface area contributed by atoms with Gasteiger partial charge in [0.15, 0.2) is 0 Å². The smallest absolute Gasteiger partial charge is 0.199 e. The average molecular weight is 422 g/mol. The van der Waals surface area contributed by atoms with Gasteiger partial charge in [-0.2, -0.15) is 30.7 Å². The Kier molecular flexibility index (Phi) is 7.08. The molecule has 0 nitrogen and oxygen atoms in total. The van der Waals surface area contributed by atoms with Crippen molar-refractivity contribution in [1.29, 1.82) is 0 Å². The lowest BCUT2D eigenvalue weighted by Gasteiger charge is -2.33. The normalized spacial score (nSPS) is 17.1. The van der Waals surface area contributed by atoms with Gasteiger partial charge in [0.05, 0.1) is 0 Å². The van der Waals surface area contributed by atoms with E-state index in [0.717, 1.165) is 19.3 Å². The van der Waals surface area contributed by atoms with Gasteiger partial charge < -0.3 is 0 Å². The predicted molar refractivity (Wildman–Crippen MR) is 71.8 cm³/mol. The van der Waals surface area contributed by atoms with Crippen LogP contribution in [0.25, 0.3) is 0 Å². The molecule has 8 heteroatoms. The van der Waals surface area contributed by atoms with Crippen LogP contribution in [0.1, 0.15) is 52.4 Å². The molecule has 0 amide bonds. The molecule has 0 aromatic heterocycles. The van der Waals surface area contributed by atoms with Gasteiger partial charge in [-0.05, 0) is 6.42 Å². The zero-order chi connectivity index (χ0) is 16.2. The maximum Gasteiger partial charge on any atom is 0.459 e. The molecule has 0 heterocycles. The minimum absolute atomic E-state index is 0.178. The summed E-state index contributed by atoms with van der Waals surface area (Å²) in [5.41, 5.74) is 0. The van der Waals surface area contributed by atoms with E-state index in [1.54, 1.807) is 22.6 Å². The molecule has 0 fully saturated rings. The molecule has 0 spiro atoms. The summed E-state index contributed by atoms with van der Waals surface area (Å²) in [5.74, 6) is -11.1. The summed E-state index contributed by atoms with van der Waals surface area (Å²) >= 11 is 1.54. The maximum atomic E-state index is 13.3. The van der Waals surface area contributed by atoms with Gasteiger partial charge in [0, 0.05) is 9.84 Å². The number of rotatable bonds is 8. The molecule has 1 unspecified atom stereocenters. The topological polar surface area (TPSA) is 0 Å². The van der Waals surface area contributed by atoms with Crippen molar-refractivity contribution >= 4 is 22.6 Å². The molecule has 0 aliphatic rings. The first-order chi connectivity index (χ1) is 8.77. The molecule has 0 saturated heterocycles. The summed E-state index contributed by atoms with van der Waals surface area (Å²) in [7, 11) is 0. The Morgan fingerprint density at radius 2 is 1.35 bits per heavy atom. The van der Waals surface area contributed by atoms with E-state index in [0.29, 0.717) is 6.42 Å². The summed E-state index contributed by atoms with van der Waals surface area (Å²) < 4.78 is 87.0. The number of alkyl halides is 8. The monoisotopic (exact) mass is 422 g/mol. The van der Waals surface area contributed by atoms with Gasteiger partial charge in [0.1, 0.15) is 0 Å². The Hall–Kier alpha value is 0.240. The Morgan fingerprint density at radius 1 is 0.850 bits per heavy atom. The van der Waals surface area contributed by atoms with E-state index in [2.05, 4.69) is 0 Å². The van der Waals surface area contributed by atoms with E-state index in [1.807, 2.05) is 6.92 Å². The fourth-order valence-electron chi connectivity index (χ4n) is 1.79. The molecule has 0 aromatic rings. The Bertz CT molecular complexity index is 297. The average Bonchev–Trinajstić information content (AvgIpc) is 2.21. The maximum absolute atomic E-state index is 13.3. The second-order valence-electron chi connectivity index (χ2n) is 5.18. The predicted octanol–water partition coefficient (Wildman–Crippen LogP) is 6.37. The summed E-state index contributed by atoms with van der Waals surface area (Å²) in [6, 6.07) is 0. The zero-order valence-corrected chi connectivity index (χ0v) is 13.4. The van der Waals surface area contributed by atoms with E-state index in [1.165, 1.54) is 6.92 Å². The molecule has 1 atom stereocenters. The number of hydrogen-bond acceptors (Lipinski definition) is 0. The molecule has 0 saturated carbocycles. The molecule has 0 N–H and O–H groups in total. The molecule has 0 aliphatic heterocycles. The lowest BCUT2D eigenvalue weighted by Crippen LogP contribution is -2.53. The quantitative estimate of drug-likeness (QED) is 0.185. The van der Waals surface area contributed by atoms with Crippen LogP contribution in [0.15, 0.2) is 0 Å². The van der Waals surface area contributed by atoms with Gasteiger partial charge in [-0.3, -0.25) is 0 Å². The van der Waals surface area contributed by atoms with Crippen LogP contribution in [-0.4, -0.2) is 21.4 Å². The summed E-state index contributed by atoms with van der Waals surface area (Å²) in [4.78, 5) is 0.